The lowest BCUT2D eigenvalue weighted by Gasteiger charge is -1.87. The molecule has 2 heterocycles. The Morgan fingerprint density at radius 3 is 3.20 bits per heavy atom. The molecule has 2 rings (SSSR count). The number of hydrogen-bond donors (Lipinski definition) is 0. The Morgan fingerprint density at radius 2 is 2.40 bits per heavy atom. The zero-order chi connectivity index (χ0) is 6.97. The molecule has 0 saturated heterocycles. The quantitative estimate of drug-likeness (QED) is 0.538. The van der Waals surface area contributed by atoms with Gasteiger partial charge in [0, 0.05) is 5.69 Å². The van der Waals surface area contributed by atoms with Gasteiger partial charge in [0.15, 0.2) is 5.69 Å². The van der Waals surface area contributed by atoms with Gasteiger partial charge in [-0.1, -0.05) is 0 Å². The lowest BCUT2D eigenvalue weighted by molar-refractivity contribution is 0.511. The maximum absolute atomic E-state index is 4.95. The lowest BCUT2D eigenvalue weighted by atomic mass is 10.4. The van der Waals surface area contributed by atoms with Crippen LogP contribution in [-0.2, 0) is 0 Å². The van der Waals surface area contributed by atoms with Crippen molar-refractivity contribution in [3.05, 3.63) is 18.2 Å². The van der Waals surface area contributed by atoms with Crippen molar-refractivity contribution in [1.82, 2.24) is 15.2 Å². The molecule has 0 atom stereocenters. The molecular formula is C6H5N3O. The van der Waals surface area contributed by atoms with E-state index in [1.807, 2.05) is 13.0 Å². The largest absolute Gasteiger partial charge is 0.423 e. The van der Waals surface area contributed by atoms with Gasteiger partial charge in [-0.05, 0) is 13.0 Å². The van der Waals surface area contributed by atoms with E-state index in [1.54, 1.807) is 0 Å². The van der Waals surface area contributed by atoms with Crippen LogP contribution in [0.25, 0.3) is 11.6 Å². The minimum atomic E-state index is 0.549. The molecule has 0 aliphatic carbocycles. The first kappa shape index (κ1) is 5.34. The third-order valence-electron chi connectivity index (χ3n) is 1.22. The van der Waals surface area contributed by atoms with Crippen molar-refractivity contribution in [1.29, 1.82) is 0 Å². The lowest BCUT2D eigenvalue weighted by Crippen LogP contribution is -1.83. The molecule has 10 heavy (non-hydrogen) atoms. The van der Waals surface area contributed by atoms with Crippen LogP contribution in [0.2, 0.25) is 0 Å². The van der Waals surface area contributed by atoms with Crippen molar-refractivity contribution < 1.29 is 4.42 Å². The SMILES string of the molecule is Cc1cc2nncoc-2n1. The van der Waals surface area contributed by atoms with E-state index in [2.05, 4.69) is 15.2 Å². The molecule has 0 bridgehead atoms. The third kappa shape index (κ3) is 0.655. The fourth-order valence-corrected chi connectivity index (χ4v) is 0.827. The molecule has 0 fully saturated rings. The minimum absolute atomic E-state index is 0.549. The van der Waals surface area contributed by atoms with Gasteiger partial charge in [-0.3, -0.25) is 0 Å². The summed E-state index contributed by atoms with van der Waals surface area (Å²) in [6.07, 6.45) is 1.27. The zero-order valence-electron chi connectivity index (χ0n) is 5.40. The number of fused-ring (bicyclic) bond motifs is 1. The molecule has 0 N–H and O–H groups in total. The first-order valence-corrected chi connectivity index (χ1v) is 2.90. The van der Waals surface area contributed by atoms with Crippen molar-refractivity contribution in [3.8, 4) is 11.6 Å². The highest BCUT2D eigenvalue weighted by Gasteiger charge is 2.08. The van der Waals surface area contributed by atoms with Gasteiger partial charge < -0.3 is 4.42 Å². The highest BCUT2D eigenvalue weighted by Crippen LogP contribution is 2.16. The van der Waals surface area contributed by atoms with Gasteiger partial charge in [-0.15, -0.1) is 10.2 Å². The molecule has 2 aliphatic heterocycles. The summed E-state index contributed by atoms with van der Waals surface area (Å²) in [5.74, 6) is 0.549. The average Bonchev–Trinajstić information content (AvgIpc) is 2.27. The van der Waals surface area contributed by atoms with Gasteiger partial charge in [0.05, 0.1) is 0 Å². The second kappa shape index (κ2) is 1.76. The fraction of sp³-hybridized carbons (Fsp3) is 0.167. The molecule has 0 spiro atoms. The summed E-state index contributed by atoms with van der Waals surface area (Å²) < 4.78 is 4.95. The van der Waals surface area contributed by atoms with Crippen LogP contribution >= 0.6 is 0 Å². The summed E-state index contributed by atoms with van der Waals surface area (Å²) in [4.78, 5) is 4.04. The molecule has 0 aromatic heterocycles. The monoisotopic (exact) mass is 135 g/mol. The van der Waals surface area contributed by atoms with Gasteiger partial charge in [-0.2, -0.15) is 0 Å². The van der Waals surface area contributed by atoms with E-state index in [9.17, 15) is 0 Å². The van der Waals surface area contributed by atoms with E-state index in [-0.39, 0.29) is 0 Å². The van der Waals surface area contributed by atoms with E-state index in [0.29, 0.717) is 11.6 Å². The Balaban J connectivity index is 2.76. The predicted octanol–water partition coefficient (Wildman–Crippen LogP) is 0.878. The summed E-state index contributed by atoms with van der Waals surface area (Å²) in [5, 5.41) is 7.37. The Labute approximate surface area is 57.3 Å². The first-order valence-electron chi connectivity index (χ1n) is 2.90. The number of aromatic nitrogens is 3. The topological polar surface area (TPSA) is 51.8 Å². The number of aryl methyl sites for hydroxylation is 1. The summed E-state index contributed by atoms with van der Waals surface area (Å²) in [6, 6.07) is 1.83. The van der Waals surface area contributed by atoms with Crippen LogP contribution < -0.4 is 0 Å². The molecular weight excluding hydrogens is 130 g/mol. The maximum atomic E-state index is 4.95. The van der Waals surface area contributed by atoms with Crippen molar-refractivity contribution in [3.63, 3.8) is 0 Å². The molecule has 0 unspecified atom stereocenters. The van der Waals surface area contributed by atoms with Gasteiger partial charge >= 0.3 is 0 Å². The van der Waals surface area contributed by atoms with Crippen LogP contribution in [0.5, 0.6) is 0 Å². The standard InChI is InChI=1S/C6H5N3O/c1-4-2-5-6(8-4)10-3-7-9-5/h2-3H,1H3. The first-order chi connectivity index (χ1) is 4.86. The van der Waals surface area contributed by atoms with Crippen LogP contribution in [0.4, 0.5) is 0 Å². The van der Waals surface area contributed by atoms with Crippen molar-refractivity contribution in [2.75, 3.05) is 0 Å². The van der Waals surface area contributed by atoms with Crippen LogP contribution in [0.15, 0.2) is 16.9 Å². The second-order valence-electron chi connectivity index (χ2n) is 2.03. The van der Waals surface area contributed by atoms with Crippen molar-refractivity contribution in [2.24, 2.45) is 0 Å². The number of rotatable bonds is 0. The third-order valence-corrected chi connectivity index (χ3v) is 1.22. The number of nitrogens with zero attached hydrogens (tertiary/aromatic N) is 3. The van der Waals surface area contributed by atoms with Crippen LogP contribution in [0.1, 0.15) is 5.69 Å². The fourth-order valence-electron chi connectivity index (χ4n) is 0.827. The zero-order valence-corrected chi connectivity index (χ0v) is 5.40. The van der Waals surface area contributed by atoms with E-state index in [0.717, 1.165) is 5.69 Å². The Morgan fingerprint density at radius 1 is 1.50 bits per heavy atom. The molecule has 4 nitrogen and oxygen atoms in total. The Bertz CT molecular complexity index is 287. The number of hydrogen-bond acceptors (Lipinski definition) is 4. The minimum Gasteiger partial charge on any atom is -0.423 e. The van der Waals surface area contributed by atoms with Gasteiger partial charge in [0.2, 0.25) is 12.3 Å². The molecule has 0 saturated carbocycles. The van der Waals surface area contributed by atoms with Crippen molar-refractivity contribution in [2.45, 2.75) is 6.92 Å². The van der Waals surface area contributed by atoms with Gasteiger partial charge in [0.1, 0.15) is 0 Å². The molecule has 50 valence electrons. The molecule has 2 aliphatic rings. The Kier molecular flexibility index (Phi) is 0.943. The summed E-state index contributed by atoms with van der Waals surface area (Å²) in [5.41, 5.74) is 1.61. The molecule has 4 heteroatoms. The predicted molar refractivity (Wildman–Crippen MR) is 33.5 cm³/mol. The highest BCUT2D eigenvalue weighted by atomic mass is 16.3. The van der Waals surface area contributed by atoms with E-state index < -0.39 is 0 Å². The summed E-state index contributed by atoms with van der Waals surface area (Å²) in [6.45, 7) is 1.89. The van der Waals surface area contributed by atoms with Crippen LogP contribution in [-0.4, -0.2) is 15.2 Å². The van der Waals surface area contributed by atoms with E-state index in [4.69, 9.17) is 4.42 Å². The van der Waals surface area contributed by atoms with Crippen LogP contribution in [0, 0.1) is 6.92 Å². The Hall–Kier alpha value is -1.45. The van der Waals surface area contributed by atoms with Crippen LogP contribution in [0.3, 0.4) is 0 Å². The molecule has 0 aromatic rings. The summed E-state index contributed by atoms with van der Waals surface area (Å²) in [7, 11) is 0. The highest BCUT2D eigenvalue weighted by molar-refractivity contribution is 5.48. The van der Waals surface area contributed by atoms with Gasteiger partial charge in [0.25, 0.3) is 0 Å². The van der Waals surface area contributed by atoms with E-state index in [1.165, 1.54) is 6.39 Å². The molecule has 0 radical (unpaired) electrons. The van der Waals surface area contributed by atoms with E-state index >= 15 is 0 Å². The van der Waals surface area contributed by atoms with Gasteiger partial charge in [-0.25, -0.2) is 4.98 Å². The molecule has 0 aromatic carbocycles. The average molecular weight is 135 g/mol. The van der Waals surface area contributed by atoms with Crippen molar-refractivity contribution >= 4 is 0 Å². The smallest absolute Gasteiger partial charge is 0.248 e. The second-order valence-corrected chi connectivity index (χ2v) is 2.03. The normalized spacial score (nSPS) is 10.5. The molecule has 0 amide bonds. The maximum Gasteiger partial charge on any atom is 0.248 e. The summed E-state index contributed by atoms with van der Waals surface area (Å²) >= 11 is 0.